The zero-order valence-corrected chi connectivity index (χ0v) is 13.6. The zero-order chi connectivity index (χ0) is 17.0. The second kappa shape index (κ2) is 7.36. The van der Waals surface area contributed by atoms with E-state index in [-0.39, 0.29) is 25.4 Å². The van der Waals surface area contributed by atoms with Crippen LogP contribution in [-0.2, 0) is 11.3 Å². The van der Waals surface area contributed by atoms with Gasteiger partial charge in [-0.1, -0.05) is 30.3 Å². The van der Waals surface area contributed by atoms with Crippen LogP contribution in [0.15, 0.2) is 30.3 Å². The average molecular weight is 326 g/mol. The van der Waals surface area contributed by atoms with Gasteiger partial charge in [0, 0.05) is 26.1 Å². The van der Waals surface area contributed by atoms with Gasteiger partial charge in [0.25, 0.3) is 5.92 Å². The third-order valence-electron chi connectivity index (χ3n) is 4.58. The molecule has 0 unspecified atom stereocenters. The van der Waals surface area contributed by atoms with Crippen LogP contribution in [0.4, 0.5) is 8.78 Å². The number of hydrogen-bond donors (Lipinski definition) is 1. The molecule has 0 saturated carbocycles. The number of likely N-dealkylation sites (N-methyl/N-ethyl adjacent to an activating group) is 1. The lowest BCUT2D eigenvalue weighted by atomic mass is 9.94. The largest absolute Gasteiger partial charge is 0.396 e. The summed E-state index contributed by atoms with van der Waals surface area (Å²) in [5.74, 6) is -4.24. The van der Waals surface area contributed by atoms with Crippen molar-refractivity contribution in [1.82, 2.24) is 9.80 Å². The molecule has 1 saturated heterocycles. The molecule has 4 nitrogen and oxygen atoms in total. The Morgan fingerprint density at radius 1 is 1.43 bits per heavy atom. The van der Waals surface area contributed by atoms with E-state index in [2.05, 4.69) is 0 Å². The SMILES string of the molecule is C[C@H](C(=O)N1CCC(F)(F)[C@H](CO)C1)N(C)Cc1ccccc1. The van der Waals surface area contributed by atoms with Crippen LogP contribution in [0.2, 0.25) is 0 Å². The summed E-state index contributed by atoms with van der Waals surface area (Å²) in [6.07, 6.45) is -0.390. The Kier molecular flexibility index (Phi) is 5.70. The normalized spacial score (nSPS) is 22.2. The Labute approximate surface area is 135 Å². The molecule has 2 atom stereocenters. The van der Waals surface area contributed by atoms with Crippen molar-refractivity contribution < 1.29 is 18.7 Å². The maximum atomic E-state index is 13.6. The lowest BCUT2D eigenvalue weighted by Gasteiger charge is -2.39. The van der Waals surface area contributed by atoms with Gasteiger partial charge in [0.2, 0.25) is 5.91 Å². The van der Waals surface area contributed by atoms with E-state index >= 15 is 0 Å². The zero-order valence-electron chi connectivity index (χ0n) is 13.6. The molecule has 1 amide bonds. The topological polar surface area (TPSA) is 43.8 Å². The number of amides is 1. The molecular weight excluding hydrogens is 302 g/mol. The van der Waals surface area contributed by atoms with Crippen molar-refractivity contribution in [2.45, 2.75) is 31.9 Å². The molecule has 1 fully saturated rings. The van der Waals surface area contributed by atoms with Crippen LogP contribution in [-0.4, -0.2) is 59.5 Å². The molecule has 6 heteroatoms. The molecule has 1 aliphatic rings. The second-order valence-electron chi connectivity index (χ2n) is 6.25. The Morgan fingerprint density at radius 3 is 2.70 bits per heavy atom. The third-order valence-corrected chi connectivity index (χ3v) is 4.58. The minimum Gasteiger partial charge on any atom is -0.396 e. The molecule has 0 bridgehead atoms. The molecule has 1 aliphatic heterocycles. The number of aliphatic hydroxyl groups excluding tert-OH is 1. The summed E-state index contributed by atoms with van der Waals surface area (Å²) in [6, 6.07) is 9.37. The van der Waals surface area contributed by atoms with Crippen LogP contribution in [0, 0.1) is 5.92 Å². The van der Waals surface area contributed by atoms with Gasteiger partial charge < -0.3 is 10.0 Å². The van der Waals surface area contributed by atoms with Crippen LogP contribution >= 0.6 is 0 Å². The Bertz CT molecular complexity index is 525. The fraction of sp³-hybridized carbons (Fsp3) is 0.588. The van der Waals surface area contributed by atoms with E-state index in [9.17, 15) is 13.6 Å². The van der Waals surface area contributed by atoms with Crippen molar-refractivity contribution in [3.8, 4) is 0 Å². The smallest absolute Gasteiger partial charge is 0.256 e. The third kappa shape index (κ3) is 4.26. The molecule has 1 heterocycles. The summed E-state index contributed by atoms with van der Waals surface area (Å²) >= 11 is 0. The molecular formula is C17H24F2N2O2. The number of piperidine rings is 1. The molecule has 2 rings (SSSR count). The molecule has 0 radical (unpaired) electrons. The van der Waals surface area contributed by atoms with E-state index in [0.29, 0.717) is 6.54 Å². The summed E-state index contributed by atoms with van der Waals surface area (Å²) in [5.41, 5.74) is 1.09. The monoisotopic (exact) mass is 326 g/mol. The molecule has 23 heavy (non-hydrogen) atoms. The summed E-state index contributed by atoms with van der Waals surface area (Å²) in [4.78, 5) is 15.9. The number of hydrogen-bond acceptors (Lipinski definition) is 3. The summed E-state index contributed by atoms with van der Waals surface area (Å²) in [6.45, 7) is 1.73. The Balaban J connectivity index is 1.96. The van der Waals surface area contributed by atoms with Gasteiger partial charge >= 0.3 is 0 Å². The van der Waals surface area contributed by atoms with Gasteiger partial charge in [0.1, 0.15) is 0 Å². The quantitative estimate of drug-likeness (QED) is 0.900. The van der Waals surface area contributed by atoms with Gasteiger partial charge in [0.05, 0.1) is 18.6 Å². The number of nitrogens with zero attached hydrogens (tertiary/aromatic N) is 2. The first kappa shape index (κ1) is 17.8. The number of carbonyl (C=O) groups excluding carboxylic acids is 1. The first-order valence-corrected chi connectivity index (χ1v) is 7.87. The van der Waals surface area contributed by atoms with E-state index in [1.807, 2.05) is 42.3 Å². The van der Waals surface area contributed by atoms with E-state index in [1.54, 1.807) is 6.92 Å². The highest BCUT2D eigenvalue weighted by molar-refractivity contribution is 5.81. The van der Waals surface area contributed by atoms with Crippen molar-refractivity contribution in [3.05, 3.63) is 35.9 Å². The highest BCUT2D eigenvalue weighted by atomic mass is 19.3. The number of rotatable bonds is 5. The van der Waals surface area contributed by atoms with Crippen LogP contribution in [0.1, 0.15) is 18.9 Å². The molecule has 1 aromatic rings. The maximum absolute atomic E-state index is 13.6. The summed E-state index contributed by atoms with van der Waals surface area (Å²) in [5, 5.41) is 9.14. The molecule has 128 valence electrons. The van der Waals surface area contributed by atoms with Crippen molar-refractivity contribution in [3.63, 3.8) is 0 Å². The van der Waals surface area contributed by atoms with Crippen LogP contribution in [0.5, 0.6) is 0 Å². The molecule has 1 aromatic carbocycles. The molecule has 0 aliphatic carbocycles. The first-order valence-electron chi connectivity index (χ1n) is 7.87. The van der Waals surface area contributed by atoms with Gasteiger partial charge in [-0.3, -0.25) is 9.69 Å². The average Bonchev–Trinajstić information content (AvgIpc) is 2.54. The van der Waals surface area contributed by atoms with E-state index in [4.69, 9.17) is 5.11 Å². The number of aliphatic hydroxyl groups is 1. The van der Waals surface area contributed by atoms with Gasteiger partial charge in [0.15, 0.2) is 0 Å². The standard InChI is InChI=1S/C17H24F2N2O2/c1-13(20(2)10-14-6-4-3-5-7-14)16(23)21-9-8-17(18,19)15(11-21)12-22/h3-7,13,15,22H,8-12H2,1-2H3/t13-,15+/m1/s1. The molecule has 0 spiro atoms. The Hall–Kier alpha value is -1.53. The summed E-state index contributed by atoms with van der Waals surface area (Å²) in [7, 11) is 1.84. The van der Waals surface area contributed by atoms with Gasteiger partial charge in [-0.25, -0.2) is 8.78 Å². The van der Waals surface area contributed by atoms with Crippen molar-refractivity contribution in [2.75, 3.05) is 26.7 Å². The minimum atomic E-state index is -2.90. The van der Waals surface area contributed by atoms with Crippen molar-refractivity contribution in [2.24, 2.45) is 5.92 Å². The lowest BCUT2D eigenvalue weighted by molar-refractivity contribution is -0.153. The predicted molar refractivity (Wildman–Crippen MR) is 84.1 cm³/mol. The van der Waals surface area contributed by atoms with Gasteiger partial charge in [-0.15, -0.1) is 0 Å². The first-order chi connectivity index (χ1) is 10.8. The fourth-order valence-corrected chi connectivity index (χ4v) is 2.83. The Morgan fingerprint density at radius 2 is 2.09 bits per heavy atom. The predicted octanol–water partition coefficient (Wildman–Crippen LogP) is 1.98. The second-order valence-corrected chi connectivity index (χ2v) is 6.25. The highest BCUT2D eigenvalue weighted by Crippen LogP contribution is 2.33. The minimum absolute atomic E-state index is 0.0336. The highest BCUT2D eigenvalue weighted by Gasteiger charge is 2.45. The molecule has 0 aromatic heterocycles. The van der Waals surface area contributed by atoms with Gasteiger partial charge in [-0.05, 0) is 19.5 Å². The number of likely N-dealkylation sites (tertiary alicyclic amines) is 1. The fourth-order valence-electron chi connectivity index (χ4n) is 2.83. The van der Waals surface area contributed by atoms with E-state index < -0.39 is 24.5 Å². The van der Waals surface area contributed by atoms with E-state index in [0.717, 1.165) is 5.56 Å². The number of carbonyl (C=O) groups is 1. The summed E-state index contributed by atoms with van der Waals surface area (Å²) < 4.78 is 27.3. The van der Waals surface area contributed by atoms with E-state index in [1.165, 1.54) is 4.90 Å². The van der Waals surface area contributed by atoms with Crippen molar-refractivity contribution in [1.29, 1.82) is 0 Å². The van der Waals surface area contributed by atoms with Crippen LogP contribution < -0.4 is 0 Å². The maximum Gasteiger partial charge on any atom is 0.256 e. The van der Waals surface area contributed by atoms with Crippen LogP contribution in [0.3, 0.4) is 0 Å². The van der Waals surface area contributed by atoms with Gasteiger partial charge in [-0.2, -0.15) is 0 Å². The number of halogens is 2. The molecule has 1 N–H and O–H groups in total. The number of benzene rings is 1. The number of alkyl halides is 2. The lowest BCUT2D eigenvalue weighted by Crippen LogP contribution is -2.54. The van der Waals surface area contributed by atoms with Crippen LogP contribution in [0.25, 0.3) is 0 Å². The van der Waals surface area contributed by atoms with Crippen molar-refractivity contribution >= 4 is 5.91 Å².